The highest BCUT2D eigenvalue weighted by Gasteiger charge is 2.28. The molecule has 2 saturated heterocycles. The number of nitrogens with zero attached hydrogens (tertiary/aromatic N) is 5. The third-order valence-corrected chi connectivity index (χ3v) is 9.31. The number of nitrogens with one attached hydrogen (secondary N) is 3. The van der Waals surface area contributed by atoms with E-state index in [0.717, 1.165) is 85.8 Å². The molecule has 12 heteroatoms. The molecule has 0 unspecified atom stereocenters. The number of piperidine rings is 1. The van der Waals surface area contributed by atoms with E-state index in [9.17, 15) is 4.79 Å². The lowest BCUT2D eigenvalue weighted by Gasteiger charge is -2.43. The molecular formula is C32H41BrN8O3. The van der Waals surface area contributed by atoms with Crippen molar-refractivity contribution in [3.8, 4) is 11.5 Å². The van der Waals surface area contributed by atoms with Gasteiger partial charge in [0.05, 0.1) is 40.9 Å². The van der Waals surface area contributed by atoms with Gasteiger partial charge in [-0.15, -0.1) is 0 Å². The van der Waals surface area contributed by atoms with E-state index in [0.29, 0.717) is 42.3 Å². The van der Waals surface area contributed by atoms with E-state index in [2.05, 4.69) is 64.7 Å². The summed E-state index contributed by atoms with van der Waals surface area (Å²) in [6, 6.07) is 10.6. The number of carbonyl (C=O) groups is 1. The molecule has 2 fully saturated rings. The van der Waals surface area contributed by atoms with Gasteiger partial charge in [0.15, 0.2) is 0 Å². The van der Waals surface area contributed by atoms with Crippen LogP contribution in [0.2, 0.25) is 0 Å². The number of amides is 1. The van der Waals surface area contributed by atoms with E-state index in [-0.39, 0.29) is 5.91 Å². The molecule has 234 valence electrons. The largest absolute Gasteiger partial charge is 0.494 e. The van der Waals surface area contributed by atoms with Crippen LogP contribution in [0, 0.1) is 0 Å². The summed E-state index contributed by atoms with van der Waals surface area (Å²) in [4.78, 5) is 29.3. The Kier molecular flexibility index (Phi) is 9.39. The topological polar surface area (TPSA) is 107 Å². The minimum atomic E-state index is -0.0429. The van der Waals surface area contributed by atoms with Crippen LogP contribution in [0.5, 0.6) is 11.5 Å². The van der Waals surface area contributed by atoms with Crippen LogP contribution < -0.4 is 30.3 Å². The normalized spacial score (nSPS) is 17.6. The van der Waals surface area contributed by atoms with E-state index in [1.54, 1.807) is 13.3 Å². The van der Waals surface area contributed by atoms with Crippen molar-refractivity contribution in [2.75, 3.05) is 80.9 Å². The zero-order chi connectivity index (χ0) is 30.6. The quantitative estimate of drug-likeness (QED) is 0.281. The van der Waals surface area contributed by atoms with Gasteiger partial charge in [0.1, 0.15) is 17.3 Å². The van der Waals surface area contributed by atoms with Crippen molar-refractivity contribution in [3.63, 3.8) is 0 Å². The second-order valence-electron chi connectivity index (χ2n) is 11.6. The summed E-state index contributed by atoms with van der Waals surface area (Å²) in [5.74, 6) is 2.44. The Bertz CT molecular complexity index is 1490. The maximum atomic E-state index is 12.6. The molecule has 11 nitrogen and oxygen atoms in total. The number of ether oxygens (including phenoxy) is 2. The molecule has 2 aromatic carbocycles. The summed E-state index contributed by atoms with van der Waals surface area (Å²) in [6.45, 7) is 8.87. The van der Waals surface area contributed by atoms with Gasteiger partial charge in [0.2, 0.25) is 11.9 Å². The van der Waals surface area contributed by atoms with E-state index in [1.807, 2.05) is 31.2 Å². The number of hydrogen-bond donors (Lipinski definition) is 3. The molecule has 3 N–H and O–H groups in total. The SMILES string of the molecule is CCC(=O)Nc1cc(Nc2ncc(Br)c(Nc3cccc4c3OCC4)n2)c(OC)cc1N1CCC(N2CCN(C)CC2)CC1. The molecule has 0 radical (unpaired) electrons. The van der Waals surface area contributed by atoms with Gasteiger partial charge in [0, 0.05) is 70.4 Å². The molecule has 0 spiro atoms. The molecule has 0 saturated carbocycles. The highest BCUT2D eigenvalue weighted by Crippen LogP contribution is 2.40. The molecule has 0 bridgehead atoms. The van der Waals surface area contributed by atoms with Gasteiger partial charge in [0.25, 0.3) is 0 Å². The summed E-state index contributed by atoms with van der Waals surface area (Å²) in [5.41, 5.74) is 4.39. The van der Waals surface area contributed by atoms with Crippen LogP contribution in [0.15, 0.2) is 41.0 Å². The maximum Gasteiger partial charge on any atom is 0.229 e. The standard InChI is InChI=1S/C32H41BrN8O3/c1-4-29(42)35-25-18-26(28(43-3)19-27(25)41-11-8-22(9-12-41)40-15-13-39(2)14-16-40)37-32-34-20-23(33)31(38-32)36-24-7-5-6-21-10-17-44-30(21)24/h5-7,18-20,22H,4,8-17H2,1-3H3,(H,35,42)(H2,34,36,37,38). The number of halogens is 1. The highest BCUT2D eigenvalue weighted by molar-refractivity contribution is 9.10. The average Bonchev–Trinajstić information content (AvgIpc) is 3.53. The predicted octanol–water partition coefficient (Wildman–Crippen LogP) is 5.23. The van der Waals surface area contributed by atoms with E-state index in [1.165, 1.54) is 5.56 Å². The summed E-state index contributed by atoms with van der Waals surface area (Å²) >= 11 is 3.58. The fourth-order valence-electron chi connectivity index (χ4n) is 6.17. The number of anilines is 6. The molecule has 1 amide bonds. The van der Waals surface area contributed by atoms with Crippen LogP contribution in [0.3, 0.4) is 0 Å². The zero-order valence-corrected chi connectivity index (χ0v) is 27.2. The predicted molar refractivity (Wildman–Crippen MR) is 178 cm³/mol. The van der Waals surface area contributed by atoms with Crippen molar-refractivity contribution >= 4 is 56.4 Å². The number of carbonyl (C=O) groups excluding carboxylic acids is 1. The number of aromatic nitrogens is 2. The molecule has 6 rings (SSSR count). The third-order valence-electron chi connectivity index (χ3n) is 8.73. The number of methoxy groups -OCH3 is 1. The van der Waals surface area contributed by atoms with Crippen molar-refractivity contribution in [2.24, 2.45) is 0 Å². The minimum Gasteiger partial charge on any atom is -0.494 e. The monoisotopic (exact) mass is 664 g/mol. The lowest BCUT2D eigenvalue weighted by molar-refractivity contribution is -0.115. The van der Waals surface area contributed by atoms with E-state index in [4.69, 9.17) is 14.5 Å². The second-order valence-corrected chi connectivity index (χ2v) is 12.4. The number of piperazine rings is 1. The lowest BCUT2D eigenvalue weighted by Crippen LogP contribution is -2.52. The van der Waals surface area contributed by atoms with Crippen LogP contribution in [0.25, 0.3) is 0 Å². The molecule has 3 aliphatic rings. The van der Waals surface area contributed by atoms with Crippen LogP contribution in [0.1, 0.15) is 31.7 Å². The van der Waals surface area contributed by atoms with Crippen LogP contribution in [-0.4, -0.2) is 91.7 Å². The molecule has 0 aliphatic carbocycles. The van der Waals surface area contributed by atoms with Gasteiger partial charge in [-0.3, -0.25) is 9.69 Å². The molecule has 3 aromatic rings. The molecule has 1 aromatic heterocycles. The first-order chi connectivity index (χ1) is 21.4. The molecule has 0 atom stereocenters. The number of hydrogen-bond acceptors (Lipinski definition) is 10. The average molecular weight is 666 g/mol. The van der Waals surface area contributed by atoms with Crippen LogP contribution in [0.4, 0.5) is 34.5 Å². The van der Waals surface area contributed by atoms with Gasteiger partial charge >= 0.3 is 0 Å². The number of para-hydroxylation sites is 1. The van der Waals surface area contributed by atoms with Gasteiger partial charge in [-0.1, -0.05) is 19.1 Å². The summed E-state index contributed by atoms with van der Waals surface area (Å²) in [6.07, 6.45) is 5.16. The van der Waals surface area contributed by atoms with Gasteiger partial charge in [-0.25, -0.2) is 4.98 Å². The van der Waals surface area contributed by atoms with Crippen LogP contribution in [-0.2, 0) is 11.2 Å². The fraction of sp³-hybridized carbons (Fsp3) is 0.469. The first kappa shape index (κ1) is 30.4. The molecule has 4 heterocycles. The first-order valence-corrected chi connectivity index (χ1v) is 16.2. The molecular weight excluding hydrogens is 624 g/mol. The molecule has 44 heavy (non-hydrogen) atoms. The van der Waals surface area contributed by atoms with Crippen molar-refractivity contribution in [1.29, 1.82) is 0 Å². The Labute approximate surface area is 267 Å². The van der Waals surface area contributed by atoms with Crippen molar-refractivity contribution in [1.82, 2.24) is 19.8 Å². The van der Waals surface area contributed by atoms with E-state index < -0.39 is 0 Å². The third kappa shape index (κ3) is 6.72. The van der Waals surface area contributed by atoms with Crippen molar-refractivity contribution in [3.05, 3.63) is 46.6 Å². The van der Waals surface area contributed by atoms with E-state index >= 15 is 0 Å². The Morgan fingerprint density at radius 3 is 2.61 bits per heavy atom. The second kappa shape index (κ2) is 13.6. The number of fused-ring (bicyclic) bond motifs is 1. The Morgan fingerprint density at radius 1 is 1.07 bits per heavy atom. The fourth-order valence-corrected chi connectivity index (χ4v) is 6.46. The van der Waals surface area contributed by atoms with Gasteiger partial charge < -0.3 is 35.2 Å². The van der Waals surface area contributed by atoms with Crippen LogP contribution >= 0.6 is 15.9 Å². The first-order valence-electron chi connectivity index (χ1n) is 15.4. The highest BCUT2D eigenvalue weighted by atomic mass is 79.9. The maximum absolute atomic E-state index is 12.6. The Morgan fingerprint density at radius 2 is 1.86 bits per heavy atom. The minimum absolute atomic E-state index is 0.0429. The van der Waals surface area contributed by atoms with Gasteiger partial charge in [-0.05, 0) is 53.5 Å². The number of rotatable bonds is 9. The molecule has 3 aliphatic heterocycles. The summed E-state index contributed by atoms with van der Waals surface area (Å²) in [7, 11) is 3.85. The zero-order valence-electron chi connectivity index (χ0n) is 25.7. The Hall–Kier alpha value is -3.61. The summed E-state index contributed by atoms with van der Waals surface area (Å²) in [5, 5.41) is 9.84. The van der Waals surface area contributed by atoms with Gasteiger partial charge in [-0.2, -0.15) is 4.98 Å². The van der Waals surface area contributed by atoms with Crippen molar-refractivity contribution < 1.29 is 14.3 Å². The number of benzene rings is 2. The Balaban J connectivity index is 1.23. The van der Waals surface area contributed by atoms with Crippen molar-refractivity contribution in [2.45, 2.75) is 38.6 Å². The number of likely N-dealkylation sites (N-methyl/N-ethyl adjacent to an activating group) is 1. The smallest absolute Gasteiger partial charge is 0.229 e. The summed E-state index contributed by atoms with van der Waals surface area (Å²) < 4.78 is 12.4. The lowest BCUT2D eigenvalue weighted by atomic mass is 10.0.